The van der Waals surface area contributed by atoms with Crippen LogP contribution in [0.15, 0.2) is 48.8 Å². The van der Waals surface area contributed by atoms with Crippen LogP contribution < -0.4 is 19.7 Å². The van der Waals surface area contributed by atoms with Crippen molar-refractivity contribution in [2.45, 2.75) is 38.2 Å². The van der Waals surface area contributed by atoms with Gasteiger partial charge in [-0.25, -0.2) is 4.98 Å². The highest BCUT2D eigenvalue weighted by molar-refractivity contribution is 6.07. The molecule has 2 aromatic carbocycles. The Kier molecular flexibility index (Phi) is 9.26. The zero-order valence-electron chi connectivity index (χ0n) is 23.6. The third kappa shape index (κ3) is 7.15. The van der Waals surface area contributed by atoms with E-state index in [0.29, 0.717) is 30.3 Å². The van der Waals surface area contributed by atoms with Gasteiger partial charge in [0.1, 0.15) is 30.3 Å². The molecule has 1 aliphatic heterocycles. The molecule has 40 heavy (non-hydrogen) atoms. The molecule has 9 nitrogen and oxygen atoms in total. The molecule has 1 unspecified atom stereocenters. The van der Waals surface area contributed by atoms with Crippen molar-refractivity contribution in [3.8, 4) is 11.5 Å². The van der Waals surface area contributed by atoms with Gasteiger partial charge in [-0.15, -0.1) is 0 Å². The smallest absolute Gasteiger partial charge is 0.124 e. The SMILES string of the molecule is COc1cc(OC)cc(N(CC2CC2)c2ccc3ncc(C(C=N)=C[NH2+]CC(O)CN4CCCCC4)nc3c2)c1. The van der Waals surface area contributed by atoms with E-state index in [1.807, 2.05) is 35.8 Å². The first-order valence-electron chi connectivity index (χ1n) is 14.3. The van der Waals surface area contributed by atoms with Crippen LogP contribution >= 0.6 is 0 Å². The fourth-order valence-corrected chi connectivity index (χ4v) is 5.25. The Hall–Kier alpha value is -3.53. The minimum Gasteiger partial charge on any atom is -0.497 e. The average Bonchev–Trinajstić information content (AvgIpc) is 3.82. The molecule has 1 aliphatic carbocycles. The fraction of sp³-hybridized carbons (Fsp3) is 0.452. The van der Waals surface area contributed by atoms with Gasteiger partial charge in [0.15, 0.2) is 0 Å². The van der Waals surface area contributed by atoms with E-state index in [-0.39, 0.29) is 0 Å². The quantitative estimate of drug-likeness (QED) is 0.282. The number of quaternary nitrogens is 1. The summed E-state index contributed by atoms with van der Waals surface area (Å²) in [6.07, 6.45) is 10.6. The number of aliphatic hydroxyl groups excluding tert-OH is 1. The number of hydrogen-bond donors (Lipinski definition) is 3. The number of likely N-dealkylation sites (tertiary alicyclic amines) is 1. The number of aromatic nitrogens is 2. The first-order valence-corrected chi connectivity index (χ1v) is 14.3. The Bertz CT molecular complexity index is 1310. The van der Waals surface area contributed by atoms with Crippen LogP contribution in [-0.4, -0.2) is 79.2 Å². The molecule has 4 N–H and O–H groups in total. The molecule has 0 spiro atoms. The molecule has 0 amide bonds. The van der Waals surface area contributed by atoms with Gasteiger partial charge in [-0.1, -0.05) is 6.42 Å². The van der Waals surface area contributed by atoms with E-state index in [0.717, 1.165) is 53.5 Å². The lowest BCUT2D eigenvalue weighted by Gasteiger charge is -2.27. The predicted octanol–water partition coefficient (Wildman–Crippen LogP) is 3.60. The van der Waals surface area contributed by atoms with E-state index < -0.39 is 6.10 Å². The largest absolute Gasteiger partial charge is 0.497 e. The van der Waals surface area contributed by atoms with Crippen molar-refractivity contribution in [3.05, 3.63) is 54.5 Å². The lowest BCUT2D eigenvalue weighted by atomic mass is 10.1. The van der Waals surface area contributed by atoms with Crippen molar-refractivity contribution in [3.63, 3.8) is 0 Å². The number of piperidine rings is 1. The Balaban J connectivity index is 1.36. The zero-order chi connectivity index (χ0) is 27.9. The number of rotatable bonds is 13. The molecule has 212 valence electrons. The predicted molar refractivity (Wildman–Crippen MR) is 159 cm³/mol. The van der Waals surface area contributed by atoms with Crippen LogP contribution in [0, 0.1) is 11.3 Å². The van der Waals surface area contributed by atoms with Gasteiger partial charge in [0.2, 0.25) is 0 Å². The van der Waals surface area contributed by atoms with Crippen molar-refractivity contribution in [2.75, 3.05) is 51.8 Å². The van der Waals surface area contributed by atoms with E-state index in [2.05, 4.69) is 26.9 Å². The third-order valence-electron chi connectivity index (χ3n) is 7.70. The van der Waals surface area contributed by atoms with Crippen molar-refractivity contribution in [1.29, 1.82) is 5.41 Å². The van der Waals surface area contributed by atoms with E-state index in [1.54, 1.807) is 20.4 Å². The maximum atomic E-state index is 10.5. The van der Waals surface area contributed by atoms with E-state index >= 15 is 0 Å². The molecule has 2 heterocycles. The summed E-state index contributed by atoms with van der Waals surface area (Å²) in [5.74, 6) is 2.14. The van der Waals surface area contributed by atoms with Crippen LogP contribution in [0.1, 0.15) is 37.8 Å². The normalized spacial score (nSPS) is 17.0. The number of methoxy groups -OCH3 is 2. The summed E-state index contributed by atoms with van der Waals surface area (Å²) in [5, 5.41) is 20.4. The fourth-order valence-electron chi connectivity index (χ4n) is 5.25. The topological polar surface area (TPSA) is 111 Å². The van der Waals surface area contributed by atoms with Gasteiger partial charge in [0.05, 0.1) is 42.7 Å². The minimum absolute atomic E-state index is 0.417. The average molecular weight is 546 g/mol. The van der Waals surface area contributed by atoms with Crippen molar-refractivity contribution in [2.24, 2.45) is 5.92 Å². The van der Waals surface area contributed by atoms with Crippen LogP contribution in [0.5, 0.6) is 11.5 Å². The number of ether oxygens (including phenoxy) is 2. The molecule has 2 fully saturated rings. The van der Waals surface area contributed by atoms with Gasteiger partial charge in [0.25, 0.3) is 0 Å². The molecule has 5 rings (SSSR count). The number of aliphatic hydroxyl groups is 1. The highest BCUT2D eigenvalue weighted by Crippen LogP contribution is 2.38. The van der Waals surface area contributed by atoms with Gasteiger partial charge < -0.3 is 35.1 Å². The number of hydrogen-bond acceptors (Lipinski definition) is 8. The van der Waals surface area contributed by atoms with E-state index in [9.17, 15) is 5.11 Å². The molecule has 1 atom stereocenters. The van der Waals surface area contributed by atoms with Crippen molar-refractivity contribution < 1.29 is 19.9 Å². The second kappa shape index (κ2) is 13.2. The second-order valence-electron chi connectivity index (χ2n) is 10.8. The second-order valence-corrected chi connectivity index (χ2v) is 10.8. The Morgan fingerprint density at radius 2 is 1.82 bits per heavy atom. The number of fused-ring (bicyclic) bond motifs is 1. The Morgan fingerprint density at radius 1 is 1.07 bits per heavy atom. The molecule has 9 heteroatoms. The molecule has 1 aromatic heterocycles. The number of nitrogens with zero attached hydrogens (tertiary/aromatic N) is 4. The molecular formula is C31H41N6O3+. The standard InChI is InChI=1S/C31H40N6O3/c1-39-27-12-25(13-28(15-27)40-2)37(20-22-6-7-22)24-8-9-29-30(14-24)35-31(19-34-29)23(16-32)17-33-18-26(38)21-36-10-4-3-5-11-36/h8-9,12-17,19,22,26,32-33,38H,3-7,10-11,18,20-21H2,1-2H3/p+1. The van der Waals surface area contributed by atoms with Gasteiger partial charge in [-0.3, -0.25) is 4.98 Å². The van der Waals surface area contributed by atoms with Crippen molar-refractivity contribution in [1.82, 2.24) is 14.9 Å². The minimum atomic E-state index is -0.417. The number of benzene rings is 2. The van der Waals surface area contributed by atoms with Crippen LogP contribution in [0.2, 0.25) is 0 Å². The van der Waals surface area contributed by atoms with Gasteiger partial charge in [-0.05, 0) is 62.9 Å². The number of nitrogens with two attached hydrogens (primary N) is 1. The van der Waals surface area contributed by atoms with E-state index in [4.69, 9.17) is 19.9 Å². The molecule has 2 aliphatic rings. The van der Waals surface area contributed by atoms with E-state index in [1.165, 1.54) is 38.3 Å². The van der Waals surface area contributed by atoms with Gasteiger partial charge in [-0.2, -0.15) is 0 Å². The van der Waals surface area contributed by atoms with Crippen molar-refractivity contribution >= 4 is 34.2 Å². The van der Waals surface area contributed by atoms with Crippen LogP contribution in [0.3, 0.4) is 0 Å². The summed E-state index contributed by atoms with van der Waals surface area (Å²) in [6.45, 7) is 4.27. The maximum absolute atomic E-state index is 10.5. The monoisotopic (exact) mass is 545 g/mol. The number of anilines is 2. The first kappa shape index (κ1) is 28.0. The number of β-amino-alcohol motifs (C(OH)–C–C–N with tert-alkyl or cyclic N) is 1. The molecule has 3 aromatic rings. The van der Waals surface area contributed by atoms with Gasteiger partial charge in [0, 0.05) is 48.9 Å². The first-order chi connectivity index (χ1) is 19.6. The highest BCUT2D eigenvalue weighted by atomic mass is 16.5. The van der Waals surface area contributed by atoms with Crippen LogP contribution in [-0.2, 0) is 0 Å². The molecular weight excluding hydrogens is 504 g/mol. The van der Waals surface area contributed by atoms with Gasteiger partial charge >= 0.3 is 0 Å². The summed E-state index contributed by atoms with van der Waals surface area (Å²) >= 11 is 0. The summed E-state index contributed by atoms with van der Waals surface area (Å²) in [7, 11) is 3.33. The summed E-state index contributed by atoms with van der Waals surface area (Å²) < 4.78 is 11.1. The number of nitrogens with one attached hydrogen (secondary N) is 1. The molecule has 0 bridgehead atoms. The Labute approximate surface area is 236 Å². The maximum Gasteiger partial charge on any atom is 0.124 e. The molecule has 1 saturated carbocycles. The number of allylic oxidation sites excluding steroid dienone is 1. The lowest BCUT2D eigenvalue weighted by molar-refractivity contribution is -0.594. The Morgan fingerprint density at radius 3 is 2.50 bits per heavy atom. The third-order valence-corrected chi connectivity index (χ3v) is 7.70. The van der Waals surface area contributed by atoms with Crippen LogP contribution in [0.4, 0.5) is 11.4 Å². The highest BCUT2D eigenvalue weighted by Gasteiger charge is 2.26. The zero-order valence-corrected chi connectivity index (χ0v) is 23.6. The lowest BCUT2D eigenvalue weighted by Crippen LogP contribution is -2.81. The molecule has 1 saturated heterocycles. The summed E-state index contributed by atoms with van der Waals surface area (Å²) in [4.78, 5) is 14.2. The van der Waals surface area contributed by atoms with Crippen LogP contribution in [0.25, 0.3) is 16.6 Å². The summed E-state index contributed by atoms with van der Waals surface area (Å²) in [5.41, 5.74) is 4.89. The molecule has 0 radical (unpaired) electrons. The summed E-state index contributed by atoms with van der Waals surface area (Å²) in [6, 6.07) is 12.1.